The number of esters is 2. The molecule has 13 heavy (non-hydrogen) atoms. The minimum atomic E-state index is -1.04. The monoisotopic (exact) mass is 185 g/mol. The molecule has 0 aliphatic rings. The van der Waals surface area contributed by atoms with Crippen LogP contribution in [0.2, 0.25) is 0 Å². The second-order valence-electron chi connectivity index (χ2n) is 2.07. The van der Waals surface area contributed by atoms with Gasteiger partial charge in [0, 0.05) is 0 Å². The molecule has 0 saturated heterocycles. The summed E-state index contributed by atoms with van der Waals surface area (Å²) in [4.78, 5) is 21.6. The van der Waals surface area contributed by atoms with Gasteiger partial charge in [-0.05, 0) is 0 Å². The number of hydrogen-bond donors (Lipinski definition) is 1. The highest BCUT2D eigenvalue weighted by Crippen LogP contribution is 1.95. The van der Waals surface area contributed by atoms with Crippen molar-refractivity contribution >= 4 is 11.9 Å². The van der Waals surface area contributed by atoms with Gasteiger partial charge in [0.05, 0.1) is 18.9 Å². The van der Waals surface area contributed by atoms with Gasteiger partial charge >= 0.3 is 11.9 Å². The van der Waals surface area contributed by atoms with Crippen molar-refractivity contribution < 1.29 is 19.1 Å². The van der Waals surface area contributed by atoms with Crippen molar-refractivity contribution in [2.75, 3.05) is 0 Å². The van der Waals surface area contributed by atoms with Crippen molar-refractivity contribution in [3.05, 3.63) is 25.7 Å². The van der Waals surface area contributed by atoms with Gasteiger partial charge in [0.1, 0.15) is 6.04 Å². The van der Waals surface area contributed by atoms with Gasteiger partial charge in [0.25, 0.3) is 0 Å². The summed E-state index contributed by atoms with van der Waals surface area (Å²) in [5, 5.41) is 0. The maximum atomic E-state index is 10.8. The molecule has 0 spiro atoms. The lowest BCUT2D eigenvalue weighted by molar-refractivity contribution is -0.145. The molecule has 0 rings (SSSR count). The summed E-state index contributed by atoms with van der Waals surface area (Å²) in [6, 6.07) is -1.04. The molecule has 72 valence electrons. The molecule has 0 radical (unpaired) electrons. The van der Waals surface area contributed by atoms with E-state index in [-0.39, 0.29) is 6.42 Å². The van der Waals surface area contributed by atoms with E-state index in [0.717, 1.165) is 12.5 Å². The highest BCUT2D eigenvalue weighted by molar-refractivity contribution is 5.82. The Morgan fingerprint density at radius 3 is 2.31 bits per heavy atom. The van der Waals surface area contributed by atoms with Crippen LogP contribution in [-0.2, 0) is 19.1 Å². The highest BCUT2D eigenvalue weighted by atomic mass is 16.5. The smallest absolute Gasteiger partial charge is 0.328 e. The quantitative estimate of drug-likeness (QED) is 0.484. The van der Waals surface area contributed by atoms with E-state index in [1.807, 2.05) is 0 Å². The van der Waals surface area contributed by atoms with Gasteiger partial charge in [-0.1, -0.05) is 13.2 Å². The number of carbonyl (C=O) groups excluding carboxylic acids is 2. The average molecular weight is 185 g/mol. The van der Waals surface area contributed by atoms with Crippen LogP contribution in [0.4, 0.5) is 0 Å². The zero-order valence-electron chi connectivity index (χ0n) is 7.06. The van der Waals surface area contributed by atoms with Crippen molar-refractivity contribution in [2.45, 2.75) is 12.5 Å². The first-order valence-corrected chi connectivity index (χ1v) is 3.49. The van der Waals surface area contributed by atoms with Crippen molar-refractivity contribution in [1.82, 2.24) is 0 Å². The first-order chi connectivity index (χ1) is 6.11. The van der Waals surface area contributed by atoms with E-state index in [0.29, 0.717) is 0 Å². The van der Waals surface area contributed by atoms with Gasteiger partial charge in [-0.2, -0.15) is 0 Å². The molecule has 0 fully saturated rings. The minimum Gasteiger partial charge on any atom is -0.435 e. The summed E-state index contributed by atoms with van der Waals surface area (Å²) in [7, 11) is 0. The van der Waals surface area contributed by atoms with Gasteiger partial charge < -0.3 is 15.2 Å². The molecular formula is C8H11NO4. The molecule has 0 aliphatic heterocycles. The SMILES string of the molecule is C=COC(=O)C[C@H](N)C(=O)OC=C. The van der Waals surface area contributed by atoms with Crippen LogP contribution >= 0.6 is 0 Å². The second kappa shape index (κ2) is 5.96. The van der Waals surface area contributed by atoms with Gasteiger partial charge in [0.2, 0.25) is 0 Å². The Balaban J connectivity index is 3.90. The Morgan fingerprint density at radius 2 is 1.85 bits per heavy atom. The summed E-state index contributed by atoms with van der Waals surface area (Å²) in [6.07, 6.45) is 1.66. The first kappa shape index (κ1) is 11.4. The van der Waals surface area contributed by atoms with Crippen LogP contribution in [0.5, 0.6) is 0 Å². The van der Waals surface area contributed by atoms with Gasteiger partial charge in [-0.15, -0.1) is 0 Å². The number of carbonyl (C=O) groups is 2. The van der Waals surface area contributed by atoms with Crippen molar-refractivity contribution in [3.8, 4) is 0 Å². The molecular weight excluding hydrogens is 174 g/mol. The Morgan fingerprint density at radius 1 is 1.31 bits per heavy atom. The molecule has 0 aromatic carbocycles. The zero-order valence-corrected chi connectivity index (χ0v) is 7.06. The summed E-state index contributed by atoms with van der Waals surface area (Å²) >= 11 is 0. The third kappa shape index (κ3) is 4.76. The molecule has 5 heteroatoms. The number of ether oxygens (including phenoxy) is 2. The van der Waals surface area contributed by atoms with E-state index >= 15 is 0 Å². The fourth-order valence-corrected chi connectivity index (χ4v) is 0.573. The van der Waals surface area contributed by atoms with E-state index < -0.39 is 18.0 Å². The van der Waals surface area contributed by atoms with E-state index in [2.05, 4.69) is 22.6 Å². The Labute approximate surface area is 75.8 Å². The number of nitrogens with two attached hydrogens (primary N) is 1. The third-order valence-corrected chi connectivity index (χ3v) is 1.10. The molecule has 0 aromatic rings. The molecule has 0 heterocycles. The van der Waals surface area contributed by atoms with Crippen LogP contribution in [0.3, 0.4) is 0 Å². The lowest BCUT2D eigenvalue weighted by Crippen LogP contribution is -2.33. The van der Waals surface area contributed by atoms with Crippen molar-refractivity contribution in [3.63, 3.8) is 0 Å². The fourth-order valence-electron chi connectivity index (χ4n) is 0.573. The van der Waals surface area contributed by atoms with Gasteiger partial charge in [0.15, 0.2) is 0 Å². The van der Waals surface area contributed by atoms with Crippen LogP contribution in [0.15, 0.2) is 25.7 Å². The Hall–Kier alpha value is -1.62. The van der Waals surface area contributed by atoms with Crippen LogP contribution in [0.1, 0.15) is 6.42 Å². The number of hydrogen-bond acceptors (Lipinski definition) is 5. The summed E-state index contributed by atoms with van der Waals surface area (Å²) < 4.78 is 8.70. The highest BCUT2D eigenvalue weighted by Gasteiger charge is 2.18. The first-order valence-electron chi connectivity index (χ1n) is 3.49. The lowest BCUT2D eigenvalue weighted by atomic mass is 10.2. The van der Waals surface area contributed by atoms with Crippen LogP contribution in [-0.4, -0.2) is 18.0 Å². The Kier molecular flexibility index (Phi) is 5.22. The molecule has 0 aromatic heterocycles. The predicted octanol–water partition coefficient (Wildman–Crippen LogP) is 0.0772. The minimum absolute atomic E-state index is 0.251. The van der Waals surface area contributed by atoms with E-state index in [9.17, 15) is 9.59 Å². The largest absolute Gasteiger partial charge is 0.435 e. The molecule has 0 unspecified atom stereocenters. The molecule has 1 atom stereocenters. The van der Waals surface area contributed by atoms with Gasteiger partial charge in [-0.25, -0.2) is 4.79 Å². The van der Waals surface area contributed by atoms with Crippen LogP contribution in [0.25, 0.3) is 0 Å². The van der Waals surface area contributed by atoms with E-state index in [1.165, 1.54) is 0 Å². The third-order valence-electron chi connectivity index (χ3n) is 1.10. The standard InChI is InChI=1S/C8H11NO4/c1-3-12-7(10)5-6(9)8(11)13-4-2/h3-4,6H,1-2,5,9H2/t6-/m0/s1. The molecule has 0 saturated carbocycles. The molecule has 0 aliphatic carbocycles. The molecule has 0 amide bonds. The lowest BCUT2D eigenvalue weighted by Gasteiger charge is -2.06. The fraction of sp³-hybridized carbons (Fsp3) is 0.250. The van der Waals surface area contributed by atoms with E-state index in [4.69, 9.17) is 5.73 Å². The average Bonchev–Trinajstić information content (AvgIpc) is 2.05. The zero-order chi connectivity index (χ0) is 10.3. The molecule has 5 nitrogen and oxygen atoms in total. The van der Waals surface area contributed by atoms with Crippen LogP contribution in [0, 0.1) is 0 Å². The topological polar surface area (TPSA) is 78.6 Å². The maximum absolute atomic E-state index is 10.8. The molecule has 2 N–H and O–H groups in total. The predicted molar refractivity (Wildman–Crippen MR) is 45.2 cm³/mol. The maximum Gasteiger partial charge on any atom is 0.328 e. The molecule has 0 bridgehead atoms. The van der Waals surface area contributed by atoms with Crippen molar-refractivity contribution in [2.24, 2.45) is 5.73 Å². The van der Waals surface area contributed by atoms with Gasteiger partial charge in [-0.3, -0.25) is 4.79 Å². The summed E-state index contributed by atoms with van der Waals surface area (Å²) in [5.41, 5.74) is 5.28. The normalized spacial score (nSPS) is 11.2. The number of rotatable bonds is 5. The summed E-state index contributed by atoms with van der Waals surface area (Å²) in [6.45, 7) is 6.34. The summed E-state index contributed by atoms with van der Waals surface area (Å²) in [5.74, 6) is -1.36. The van der Waals surface area contributed by atoms with Crippen molar-refractivity contribution in [1.29, 1.82) is 0 Å². The van der Waals surface area contributed by atoms with Crippen LogP contribution < -0.4 is 5.73 Å². The second-order valence-corrected chi connectivity index (χ2v) is 2.07. The van der Waals surface area contributed by atoms with E-state index in [1.54, 1.807) is 0 Å². The Bertz CT molecular complexity index is 224.